The summed E-state index contributed by atoms with van der Waals surface area (Å²) in [5.74, 6) is -1.32. The monoisotopic (exact) mass is 610 g/mol. The zero-order valence-electron chi connectivity index (χ0n) is 24.2. The average Bonchev–Trinajstić information content (AvgIpc) is 3.35. The first-order valence-corrected chi connectivity index (χ1v) is 17.2. The SMILES string of the molecule is CS[C@@H]1C[C@@H](COc2ccccc2)N(Cc2ccc(C(=O)N[C@@H](CCS(C)(=O)=O)C(=O)O)c(-c3ccccc3C)c2)C1. The van der Waals surface area contributed by atoms with Crippen molar-refractivity contribution in [2.24, 2.45) is 0 Å². The van der Waals surface area contributed by atoms with Crippen molar-refractivity contribution in [3.8, 4) is 16.9 Å². The molecule has 0 spiro atoms. The molecule has 0 radical (unpaired) electrons. The van der Waals surface area contributed by atoms with E-state index in [4.69, 9.17) is 4.74 Å². The van der Waals surface area contributed by atoms with Crippen LogP contribution in [0.3, 0.4) is 0 Å². The fraction of sp³-hybridized carbons (Fsp3) is 0.375. The van der Waals surface area contributed by atoms with E-state index >= 15 is 0 Å². The van der Waals surface area contributed by atoms with Crippen LogP contribution < -0.4 is 10.1 Å². The third-order valence-corrected chi connectivity index (χ3v) is 9.52. The number of sulfone groups is 1. The van der Waals surface area contributed by atoms with Crippen LogP contribution >= 0.6 is 11.8 Å². The van der Waals surface area contributed by atoms with E-state index in [1.54, 1.807) is 6.07 Å². The van der Waals surface area contributed by atoms with E-state index in [9.17, 15) is 23.1 Å². The number of nitrogens with zero attached hydrogens (tertiary/aromatic N) is 1. The van der Waals surface area contributed by atoms with Gasteiger partial charge in [0, 0.05) is 36.2 Å². The topological polar surface area (TPSA) is 113 Å². The van der Waals surface area contributed by atoms with Crippen molar-refractivity contribution in [3.05, 3.63) is 89.5 Å². The number of nitrogens with one attached hydrogen (secondary N) is 1. The second kappa shape index (κ2) is 14.2. The lowest BCUT2D eigenvalue weighted by molar-refractivity contribution is -0.139. The van der Waals surface area contributed by atoms with E-state index in [1.165, 1.54) is 0 Å². The molecule has 1 aliphatic heterocycles. The smallest absolute Gasteiger partial charge is 0.326 e. The molecule has 0 bridgehead atoms. The van der Waals surface area contributed by atoms with Crippen molar-refractivity contribution in [2.75, 3.05) is 31.4 Å². The van der Waals surface area contributed by atoms with Gasteiger partial charge < -0.3 is 15.2 Å². The molecule has 0 unspecified atom stereocenters. The third-order valence-electron chi connectivity index (χ3n) is 7.54. The molecule has 3 aromatic carbocycles. The first kappa shape index (κ1) is 31.6. The molecular formula is C32H38N2O6S2. The summed E-state index contributed by atoms with van der Waals surface area (Å²) >= 11 is 1.86. The molecule has 0 aliphatic carbocycles. The maximum absolute atomic E-state index is 13.4. The number of rotatable bonds is 13. The Balaban J connectivity index is 1.59. The number of likely N-dealkylation sites (tertiary alicyclic amines) is 1. The summed E-state index contributed by atoms with van der Waals surface area (Å²) in [7, 11) is -3.39. The van der Waals surface area contributed by atoms with Crippen LogP contribution in [0.15, 0.2) is 72.8 Å². The summed E-state index contributed by atoms with van der Waals surface area (Å²) < 4.78 is 29.4. The largest absolute Gasteiger partial charge is 0.492 e. The molecular weight excluding hydrogens is 572 g/mol. The van der Waals surface area contributed by atoms with Crippen molar-refractivity contribution in [1.82, 2.24) is 10.2 Å². The first-order valence-electron chi connectivity index (χ1n) is 13.9. The van der Waals surface area contributed by atoms with Gasteiger partial charge in [0.05, 0.1) is 5.75 Å². The van der Waals surface area contributed by atoms with Crippen molar-refractivity contribution in [2.45, 2.75) is 43.6 Å². The van der Waals surface area contributed by atoms with Gasteiger partial charge in [-0.25, -0.2) is 13.2 Å². The molecule has 0 aromatic heterocycles. The van der Waals surface area contributed by atoms with Crippen LogP contribution in [0.2, 0.25) is 0 Å². The number of carboxylic acid groups (broad SMARTS) is 1. The summed E-state index contributed by atoms with van der Waals surface area (Å²) in [5, 5.41) is 12.7. The summed E-state index contributed by atoms with van der Waals surface area (Å²) in [6.45, 7) is 4.14. The number of ether oxygens (including phenoxy) is 1. The summed E-state index contributed by atoms with van der Waals surface area (Å²) in [5.41, 5.74) is 3.93. The molecule has 1 heterocycles. The molecule has 3 aromatic rings. The maximum Gasteiger partial charge on any atom is 0.326 e. The molecule has 1 fully saturated rings. The lowest BCUT2D eigenvalue weighted by Crippen LogP contribution is -2.42. The molecule has 8 nitrogen and oxygen atoms in total. The van der Waals surface area contributed by atoms with Crippen LogP contribution in [0.4, 0.5) is 0 Å². The predicted octanol–water partition coefficient (Wildman–Crippen LogP) is 4.66. The number of aryl methyl sites for hydroxylation is 1. The molecule has 3 atom stereocenters. The Morgan fingerprint density at radius 1 is 1.07 bits per heavy atom. The highest BCUT2D eigenvalue weighted by Crippen LogP contribution is 2.32. The molecule has 4 rings (SSSR count). The number of carbonyl (C=O) groups excluding carboxylic acids is 1. The van der Waals surface area contributed by atoms with Crippen molar-refractivity contribution in [1.29, 1.82) is 0 Å². The van der Waals surface area contributed by atoms with Gasteiger partial charge in [-0.2, -0.15) is 11.8 Å². The minimum absolute atomic E-state index is 0.213. The standard InChI is InChI=1S/C32H38N2O6S2/c1-22-9-7-8-12-27(22)29-17-23(13-14-28(29)31(35)33-30(32(36)37)15-16-42(3,38)39)19-34-20-26(41-2)18-24(34)21-40-25-10-5-4-6-11-25/h4-14,17,24,26,30H,15-16,18-21H2,1-3H3,(H,33,35)(H,36,37)/t24-,26+,30-/m0/s1. The average molecular weight is 611 g/mol. The van der Waals surface area contributed by atoms with Crippen LogP contribution in [0.1, 0.15) is 34.3 Å². The number of amides is 1. The lowest BCUT2D eigenvalue weighted by Gasteiger charge is -2.25. The normalized spacial score (nSPS) is 18.0. The maximum atomic E-state index is 13.4. The van der Waals surface area contributed by atoms with Crippen molar-refractivity contribution < 1.29 is 27.9 Å². The van der Waals surface area contributed by atoms with E-state index in [0.717, 1.165) is 41.7 Å². The molecule has 224 valence electrons. The van der Waals surface area contributed by atoms with E-state index in [2.05, 4.69) is 16.5 Å². The number of benzene rings is 3. The highest BCUT2D eigenvalue weighted by molar-refractivity contribution is 7.99. The van der Waals surface area contributed by atoms with Crippen LogP contribution in [0.5, 0.6) is 5.75 Å². The Labute approximate surface area is 252 Å². The second-order valence-electron chi connectivity index (χ2n) is 10.8. The molecule has 10 heteroatoms. The van der Waals surface area contributed by atoms with Crippen LogP contribution in [0.25, 0.3) is 11.1 Å². The van der Waals surface area contributed by atoms with Crippen molar-refractivity contribution in [3.63, 3.8) is 0 Å². The number of hydrogen-bond acceptors (Lipinski definition) is 7. The van der Waals surface area contributed by atoms with Gasteiger partial charge in [0.2, 0.25) is 0 Å². The molecule has 1 aliphatic rings. The Morgan fingerprint density at radius 2 is 1.79 bits per heavy atom. The Morgan fingerprint density at radius 3 is 2.45 bits per heavy atom. The number of thioether (sulfide) groups is 1. The second-order valence-corrected chi connectivity index (χ2v) is 14.2. The third kappa shape index (κ3) is 8.59. The number of para-hydroxylation sites is 1. The number of carboxylic acids is 1. The van der Waals surface area contributed by atoms with Gasteiger partial charge in [-0.1, -0.05) is 48.5 Å². The van der Waals surface area contributed by atoms with Gasteiger partial charge in [-0.15, -0.1) is 0 Å². The predicted molar refractivity (Wildman–Crippen MR) is 168 cm³/mol. The molecule has 1 saturated heterocycles. The van der Waals surface area contributed by atoms with Crippen LogP contribution in [-0.4, -0.2) is 79.1 Å². The number of carbonyl (C=O) groups is 2. The van der Waals surface area contributed by atoms with Gasteiger partial charge in [0.1, 0.15) is 28.2 Å². The van der Waals surface area contributed by atoms with E-state index in [1.807, 2.05) is 85.4 Å². The molecule has 1 amide bonds. The highest BCUT2D eigenvalue weighted by Gasteiger charge is 2.32. The van der Waals surface area contributed by atoms with Gasteiger partial charge in [-0.05, 0) is 72.5 Å². The van der Waals surface area contributed by atoms with Gasteiger partial charge in [0.15, 0.2) is 0 Å². The quantitative estimate of drug-likeness (QED) is 0.287. The summed E-state index contributed by atoms with van der Waals surface area (Å²) in [6.07, 6.45) is 3.98. The molecule has 2 N–H and O–H groups in total. The fourth-order valence-electron chi connectivity index (χ4n) is 5.23. The summed E-state index contributed by atoms with van der Waals surface area (Å²) in [6, 6.07) is 22.1. The van der Waals surface area contributed by atoms with E-state index in [0.29, 0.717) is 29.5 Å². The summed E-state index contributed by atoms with van der Waals surface area (Å²) in [4.78, 5) is 27.7. The zero-order valence-corrected chi connectivity index (χ0v) is 25.8. The minimum Gasteiger partial charge on any atom is -0.492 e. The first-order chi connectivity index (χ1) is 20.0. The van der Waals surface area contributed by atoms with E-state index < -0.39 is 27.8 Å². The van der Waals surface area contributed by atoms with Crippen LogP contribution in [0, 0.1) is 6.92 Å². The lowest BCUT2D eigenvalue weighted by atomic mass is 9.93. The van der Waals surface area contributed by atoms with Gasteiger partial charge in [0.25, 0.3) is 5.91 Å². The van der Waals surface area contributed by atoms with E-state index in [-0.39, 0.29) is 18.2 Å². The number of hydrogen-bond donors (Lipinski definition) is 2. The number of aliphatic carboxylic acids is 1. The van der Waals surface area contributed by atoms with Crippen molar-refractivity contribution >= 4 is 33.5 Å². The minimum atomic E-state index is -3.39. The molecule has 42 heavy (non-hydrogen) atoms. The Kier molecular flexibility index (Phi) is 10.7. The highest BCUT2D eigenvalue weighted by atomic mass is 32.2. The Hall–Kier alpha value is -3.34. The Bertz CT molecular complexity index is 1500. The van der Waals surface area contributed by atoms with Crippen LogP contribution in [-0.2, 0) is 21.2 Å². The fourth-order valence-corrected chi connectivity index (χ4v) is 6.65. The molecule has 0 saturated carbocycles. The van der Waals surface area contributed by atoms with Gasteiger partial charge in [-0.3, -0.25) is 9.69 Å². The zero-order chi connectivity index (χ0) is 30.3. The van der Waals surface area contributed by atoms with Gasteiger partial charge >= 0.3 is 5.97 Å².